The molecule has 0 amide bonds. The van der Waals surface area contributed by atoms with E-state index >= 15 is 0 Å². The molecule has 0 atom stereocenters. The summed E-state index contributed by atoms with van der Waals surface area (Å²) in [7, 11) is 0. The smallest absolute Gasteiger partial charge is 0.267 e. The average Bonchev–Trinajstić information content (AvgIpc) is 3.61. The number of aromatic nitrogens is 2. The van der Waals surface area contributed by atoms with Crippen molar-refractivity contribution < 1.29 is 14.3 Å². The van der Waals surface area contributed by atoms with Gasteiger partial charge in [-0.15, -0.1) is 0 Å². The standard InChI is InChI=1S/C38H22N4O3/c43-38-36-30(41-27-15-5-9-19-33(27)45-34-20-10-6-16-28(34)41)22-21-29(35(36)37-39-23-11-1-2-12-24(23)42(37)38)40-25-13-3-7-17-31(25)44-32-18-8-4-14-26(32)40/h1-22H. The molecule has 3 aliphatic heterocycles. The van der Waals surface area contributed by atoms with Gasteiger partial charge in [0.05, 0.1) is 56.3 Å². The molecule has 4 heterocycles. The Labute approximate surface area is 257 Å². The Kier molecular flexibility index (Phi) is 4.74. The van der Waals surface area contributed by atoms with E-state index in [1.54, 1.807) is 4.57 Å². The summed E-state index contributed by atoms with van der Waals surface area (Å²) in [5.41, 5.74) is 7.97. The first-order chi connectivity index (χ1) is 22.3. The van der Waals surface area contributed by atoms with Crippen molar-refractivity contribution >= 4 is 51.1 Å². The number of anilines is 6. The molecule has 45 heavy (non-hydrogen) atoms. The maximum atomic E-state index is 14.8. The van der Waals surface area contributed by atoms with E-state index in [1.807, 2.05) is 127 Å². The van der Waals surface area contributed by atoms with Crippen LogP contribution in [0.4, 0.5) is 34.1 Å². The van der Waals surface area contributed by atoms with Crippen molar-refractivity contribution in [3.8, 4) is 34.4 Å². The number of para-hydroxylation sites is 10. The Hall–Kier alpha value is -6.34. The Morgan fingerprint density at radius 2 is 0.867 bits per heavy atom. The first kappa shape index (κ1) is 24.1. The number of hydrogen-bond donors (Lipinski definition) is 0. The summed E-state index contributed by atoms with van der Waals surface area (Å²) < 4.78 is 14.4. The number of hydrogen-bond acceptors (Lipinski definition) is 6. The fourth-order valence-electron chi connectivity index (χ4n) is 6.84. The molecule has 0 unspecified atom stereocenters. The zero-order valence-electron chi connectivity index (χ0n) is 23.7. The van der Waals surface area contributed by atoms with Crippen LogP contribution in [0.1, 0.15) is 10.4 Å². The quantitative estimate of drug-likeness (QED) is 0.202. The average molecular weight is 583 g/mol. The third-order valence-corrected chi connectivity index (χ3v) is 8.71. The molecule has 10 rings (SSSR count). The second-order valence-electron chi connectivity index (χ2n) is 11.2. The van der Waals surface area contributed by atoms with E-state index < -0.39 is 0 Å². The summed E-state index contributed by atoms with van der Waals surface area (Å²) in [6, 6.07) is 43.7. The number of ether oxygens (including phenoxy) is 2. The molecule has 0 spiro atoms. The lowest BCUT2D eigenvalue weighted by molar-refractivity contribution is 0.0974. The minimum Gasteiger partial charge on any atom is -0.453 e. The van der Waals surface area contributed by atoms with E-state index in [2.05, 4.69) is 15.9 Å². The van der Waals surface area contributed by atoms with Gasteiger partial charge in [0, 0.05) is 0 Å². The van der Waals surface area contributed by atoms with E-state index in [9.17, 15) is 4.79 Å². The lowest BCUT2D eigenvalue weighted by Crippen LogP contribution is -2.20. The van der Waals surface area contributed by atoms with Crippen LogP contribution >= 0.6 is 0 Å². The van der Waals surface area contributed by atoms with Gasteiger partial charge in [0.1, 0.15) is 0 Å². The minimum absolute atomic E-state index is 0.123. The number of carbonyl (C=O) groups is 1. The summed E-state index contributed by atoms with van der Waals surface area (Å²) in [5.74, 6) is 3.41. The molecule has 0 fully saturated rings. The van der Waals surface area contributed by atoms with Crippen LogP contribution in [-0.4, -0.2) is 15.5 Å². The highest BCUT2D eigenvalue weighted by atomic mass is 16.5. The Morgan fingerprint density at radius 3 is 1.38 bits per heavy atom. The lowest BCUT2D eigenvalue weighted by Gasteiger charge is -2.36. The zero-order chi connectivity index (χ0) is 29.6. The largest absolute Gasteiger partial charge is 0.453 e. The number of carbonyl (C=O) groups excluding carboxylic acids is 1. The third-order valence-electron chi connectivity index (χ3n) is 8.71. The molecule has 6 aromatic carbocycles. The minimum atomic E-state index is -0.123. The third kappa shape index (κ3) is 3.24. The maximum absolute atomic E-state index is 14.8. The summed E-state index contributed by atoms with van der Waals surface area (Å²) in [4.78, 5) is 24.2. The molecule has 0 radical (unpaired) electrons. The second-order valence-corrected chi connectivity index (χ2v) is 11.2. The van der Waals surface area contributed by atoms with Crippen LogP contribution in [0.3, 0.4) is 0 Å². The SMILES string of the molecule is O=C1c2c(N3c4ccccc4Oc4ccccc43)ccc(N3c4ccccc4Oc4ccccc43)c2-c2nc3ccccc3n21. The summed E-state index contributed by atoms with van der Waals surface area (Å²) in [6.07, 6.45) is 0. The Morgan fingerprint density at radius 1 is 0.444 bits per heavy atom. The molecular formula is C38H22N4O3. The van der Waals surface area contributed by atoms with Crippen molar-refractivity contribution in [3.05, 3.63) is 139 Å². The van der Waals surface area contributed by atoms with Gasteiger partial charge in [0.25, 0.3) is 5.91 Å². The number of benzene rings is 6. The van der Waals surface area contributed by atoms with E-state index in [0.717, 1.165) is 73.7 Å². The molecule has 7 nitrogen and oxygen atoms in total. The molecule has 7 aromatic rings. The normalized spacial score (nSPS) is 13.6. The van der Waals surface area contributed by atoms with E-state index in [-0.39, 0.29) is 5.91 Å². The maximum Gasteiger partial charge on any atom is 0.267 e. The van der Waals surface area contributed by atoms with Crippen molar-refractivity contribution in [2.45, 2.75) is 0 Å². The van der Waals surface area contributed by atoms with Crippen LogP contribution in [0.25, 0.3) is 22.4 Å². The van der Waals surface area contributed by atoms with Crippen molar-refractivity contribution in [3.63, 3.8) is 0 Å². The van der Waals surface area contributed by atoms with Gasteiger partial charge in [0.2, 0.25) is 0 Å². The number of imidazole rings is 1. The van der Waals surface area contributed by atoms with Crippen molar-refractivity contribution in [2.75, 3.05) is 9.80 Å². The van der Waals surface area contributed by atoms with Gasteiger partial charge < -0.3 is 19.3 Å². The predicted octanol–water partition coefficient (Wildman–Crippen LogP) is 9.86. The monoisotopic (exact) mass is 582 g/mol. The van der Waals surface area contributed by atoms with Crippen molar-refractivity contribution in [1.82, 2.24) is 9.55 Å². The van der Waals surface area contributed by atoms with Crippen LogP contribution in [0.15, 0.2) is 133 Å². The molecule has 0 aliphatic carbocycles. The number of rotatable bonds is 2. The highest BCUT2D eigenvalue weighted by molar-refractivity contribution is 6.20. The van der Waals surface area contributed by atoms with Crippen molar-refractivity contribution in [2.24, 2.45) is 0 Å². The highest BCUT2D eigenvalue weighted by Gasteiger charge is 2.40. The summed E-state index contributed by atoms with van der Waals surface area (Å²) in [5, 5.41) is 0. The topological polar surface area (TPSA) is 59.8 Å². The van der Waals surface area contributed by atoms with Crippen LogP contribution < -0.4 is 19.3 Å². The summed E-state index contributed by atoms with van der Waals surface area (Å²) >= 11 is 0. The molecule has 7 heteroatoms. The van der Waals surface area contributed by atoms with Gasteiger partial charge in [-0.2, -0.15) is 0 Å². The highest BCUT2D eigenvalue weighted by Crippen LogP contribution is 2.57. The molecule has 0 saturated heterocycles. The predicted molar refractivity (Wildman–Crippen MR) is 174 cm³/mol. The fraction of sp³-hybridized carbons (Fsp3) is 0. The molecule has 3 aliphatic rings. The van der Waals surface area contributed by atoms with Gasteiger partial charge in [-0.1, -0.05) is 60.7 Å². The molecular weight excluding hydrogens is 560 g/mol. The molecule has 1 aromatic heterocycles. The molecule has 0 N–H and O–H groups in total. The van der Waals surface area contributed by atoms with Gasteiger partial charge in [0.15, 0.2) is 28.8 Å². The fourth-order valence-corrected chi connectivity index (χ4v) is 6.84. The first-order valence-corrected chi connectivity index (χ1v) is 14.8. The van der Waals surface area contributed by atoms with Gasteiger partial charge in [-0.3, -0.25) is 9.36 Å². The molecule has 212 valence electrons. The molecule has 0 saturated carbocycles. The van der Waals surface area contributed by atoms with Gasteiger partial charge in [-0.25, -0.2) is 4.98 Å². The second kappa shape index (κ2) is 8.84. The van der Waals surface area contributed by atoms with Crippen LogP contribution in [0.2, 0.25) is 0 Å². The zero-order valence-corrected chi connectivity index (χ0v) is 23.7. The van der Waals surface area contributed by atoms with Crippen LogP contribution in [0, 0.1) is 0 Å². The van der Waals surface area contributed by atoms with E-state index in [1.165, 1.54) is 0 Å². The van der Waals surface area contributed by atoms with Crippen LogP contribution in [0.5, 0.6) is 23.0 Å². The number of nitrogens with zero attached hydrogens (tertiary/aromatic N) is 4. The summed E-state index contributed by atoms with van der Waals surface area (Å²) in [6.45, 7) is 0. The first-order valence-electron chi connectivity index (χ1n) is 14.8. The number of fused-ring (bicyclic) bond motifs is 9. The van der Waals surface area contributed by atoms with Gasteiger partial charge in [-0.05, 0) is 72.8 Å². The molecule has 0 bridgehead atoms. The van der Waals surface area contributed by atoms with E-state index in [0.29, 0.717) is 11.4 Å². The van der Waals surface area contributed by atoms with E-state index in [4.69, 9.17) is 14.5 Å². The Balaban J connectivity index is 1.31. The van der Waals surface area contributed by atoms with Gasteiger partial charge >= 0.3 is 0 Å². The Bertz CT molecular complexity index is 2300. The van der Waals surface area contributed by atoms with Crippen molar-refractivity contribution in [1.29, 1.82) is 0 Å². The lowest BCUT2D eigenvalue weighted by atomic mass is 9.99. The van der Waals surface area contributed by atoms with Crippen LogP contribution in [-0.2, 0) is 0 Å².